The highest BCUT2D eigenvalue weighted by molar-refractivity contribution is 5.16. The number of aryl methyl sites for hydroxylation is 1. The Morgan fingerprint density at radius 3 is 2.92 bits per heavy atom. The van der Waals surface area contributed by atoms with Crippen LogP contribution in [-0.2, 0) is 13.1 Å². The van der Waals surface area contributed by atoms with Crippen LogP contribution in [0.4, 0.5) is 0 Å². The van der Waals surface area contributed by atoms with Crippen LogP contribution in [-0.4, -0.2) is 15.8 Å². The van der Waals surface area contributed by atoms with Crippen LogP contribution in [0.25, 0.3) is 0 Å². The molecule has 0 amide bonds. The number of hydrogen-bond acceptors (Lipinski definition) is 2. The van der Waals surface area contributed by atoms with Crippen LogP contribution in [0.5, 0.6) is 0 Å². The Morgan fingerprint density at radius 2 is 2.38 bits per heavy atom. The van der Waals surface area contributed by atoms with Crippen molar-refractivity contribution in [2.24, 2.45) is 0 Å². The van der Waals surface area contributed by atoms with Crippen LogP contribution < -0.4 is 5.32 Å². The second-order valence-electron chi connectivity index (χ2n) is 3.73. The molecule has 1 aliphatic carbocycles. The van der Waals surface area contributed by atoms with Crippen LogP contribution in [0.1, 0.15) is 31.0 Å². The summed E-state index contributed by atoms with van der Waals surface area (Å²) >= 11 is 0. The Balaban J connectivity index is 1.97. The third-order valence-corrected chi connectivity index (χ3v) is 2.66. The summed E-state index contributed by atoms with van der Waals surface area (Å²) in [5.41, 5.74) is 2.64. The van der Waals surface area contributed by atoms with Gasteiger partial charge in [0, 0.05) is 30.4 Å². The van der Waals surface area contributed by atoms with Crippen molar-refractivity contribution in [3.63, 3.8) is 0 Å². The number of nitrogens with zero attached hydrogens (tertiary/aromatic N) is 2. The first kappa shape index (κ1) is 8.75. The zero-order chi connectivity index (χ0) is 9.26. The zero-order valence-electron chi connectivity index (χ0n) is 8.38. The van der Waals surface area contributed by atoms with Gasteiger partial charge in [0.2, 0.25) is 0 Å². The highest BCUT2D eigenvalue weighted by Gasteiger charge is 2.20. The van der Waals surface area contributed by atoms with Gasteiger partial charge in [-0.25, -0.2) is 0 Å². The maximum atomic E-state index is 4.31. The van der Waals surface area contributed by atoms with E-state index in [1.807, 2.05) is 10.9 Å². The van der Waals surface area contributed by atoms with Crippen LogP contribution in [0, 0.1) is 6.92 Å². The van der Waals surface area contributed by atoms with Crippen molar-refractivity contribution in [3.8, 4) is 0 Å². The van der Waals surface area contributed by atoms with Crippen molar-refractivity contribution in [2.45, 2.75) is 45.8 Å². The molecule has 72 valence electrons. The first-order valence-electron chi connectivity index (χ1n) is 5.06. The molecule has 3 nitrogen and oxygen atoms in total. The fourth-order valence-corrected chi connectivity index (χ4v) is 1.52. The number of rotatable bonds is 4. The van der Waals surface area contributed by atoms with E-state index in [-0.39, 0.29) is 0 Å². The van der Waals surface area contributed by atoms with Crippen molar-refractivity contribution in [2.75, 3.05) is 0 Å². The zero-order valence-corrected chi connectivity index (χ0v) is 8.38. The lowest BCUT2D eigenvalue weighted by atomic mass is 10.2. The van der Waals surface area contributed by atoms with Gasteiger partial charge in [0.1, 0.15) is 0 Å². The lowest BCUT2D eigenvalue weighted by molar-refractivity contribution is 0.633. The van der Waals surface area contributed by atoms with Crippen LogP contribution in [0.3, 0.4) is 0 Å². The minimum absolute atomic E-state index is 0.782. The predicted molar refractivity (Wildman–Crippen MR) is 52.5 cm³/mol. The largest absolute Gasteiger partial charge is 0.310 e. The van der Waals surface area contributed by atoms with Crippen LogP contribution >= 0.6 is 0 Å². The predicted octanol–water partition coefficient (Wildman–Crippen LogP) is 1.46. The maximum absolute atomic E-state index is 4.31. The van der Waals surface area contributed by atoms with E-state index in [1.54, 1.807) is 0 Å². The second kappa shape index (κ2) is 3.50. The monoisotopic (exact) mass is 179 g/mol. The van der Waals surface area contributed by atoms with Gasteiger partial charge >= 0.3 is 0 Å². The molecule has 1 fully saturated rings. The van der Waals surface area contributed by atoms with Gasteiger partial charge in [-0.1, -0.05) is 0 Å². The molecule has 0 atom stereocenters. The Kier molecular flexibility index (Phi) is 2.36. The second-order valence-corrected chi connectivity index (χ2v) is 3.73. The molecule has 13 heavy (non-hydrogen) atoms. The molecule has 1 saturated carbocycles. The van der Waals surface area contributed by atoms with Gasteiger partial charge in [-0.3, -0.25) is 4.68 Å². The van der Waals surface area contributed by atoms with Crippen LogP contribution in [0.2, 0.25) is 0 Å². The van der Waals surface area contributed by atoms with E-state index in [2.05, 4.69) is 24.3 Å². The fraction of sp³-hybridized carbons (Fsp3) is 0.700. The summed E-state index contributed by atoms with van der Waals surface area (Å²) in [6.07, 6.45) is 4.68. The summed E-state index contributed by atoms with van der Waals surface area (Å²) < 4.78 is 2.05. The highest BCUT2D eigenvalue weighted by Crippen LogP contribution is 2.19. The third-order valence-electron chi connectivity index (χ3n) is 2.66. The summed E-state index contributed by atoms with van der Waals surface area (Å²) in [6, 6.07) is 0.782. The molecule has 1 heterocycles. The van der Waals surface area contributed by atoms with E-state index in [0.717, 1.165) is 19.1 Å². The minimum atomic E-state index is 0.782. The Morgan fingerprint density at radius 1 is 1.62 bits per heavy atom. The minimum Gasteiger partial charge on any atom is -0.310 e. The van der Waals surface area contributed by atoms with Gasteiger partial charge in [-0.2, -0.15) is 5.10 Å². The first-order chi connectivity index (χ1) is 6.31. The van der Waals surface area contributed by atoms with E-state index in [0.29, 0.717) is 0 Å². The highest BCUT2D eigenvalue weighted by atomic mass is 15.3. The molecule has 2 rings (SSSR count). The summed E-state index contributed by atoms with van der Waals surface area (Å²) in [7, 11) is 0. The quantitative estimate of drug-likeness (QED) is 0.758. The van der Waals surface area contributed by atoms with E-state index in [4.69, 9.17) is 0 Å². The number of hydrogen-bond donors (Lipinski definition) is 1. The number of nitrogens with one attached hydrogen (secondary N) is 1. The van der Waals surface area contributed by atoms with Crippen molar-refractivity contribution < 1.29 is 0 Å². The van der Waals surface area contributed by atoms with Crippen molar-refractivity contribution >= 4 is 0 Å². The number of aromatic nitrogens is 2. The average molecular weight is 179 g/mol. The van der Waals surface area contributed by atoms with Gasteiger partial charge in [-0.15, -0.1) is 0 Å². The Hall–Kier alpha value is -0.830. The third kappa shape index (κ3) is 1.91. The molecule has 1 aromatic rings. The van der Waals surface area contributed by atoms with E-state index >= 15 is 0 Å². The SMILES string of the molecule is CCn1ncc(CNC2CC2)c1C. The van der Waals surface area contributed by atoms with E-state index in [9.17, 15) is 0 Å². The molecule has 0 aliphatic heterocycles. The lowest BCUT2D eigenvalue weighted by Crippen LogP contribution is -2.15. The molecule has 1 N–H and O–H groups in total. The van der Waals surface area contributed by atoms with Gasteiger partial charge in [0.25, 0.3) is 0 Å². The molecule has 0 bridgehead atoms. The van der Waals surface area contributed by atoms with Gasteiger partial charge in [-0.05, 0) is 26.7 Å². The topological polar surface area (TPSA) is 29.9 Å². The van der Waals surface area contributed by atoms with Crippen molar-refractivity contribution in [1.29, 1.82) is 0 Å². The molecule has 0 saturated heterocycles. The van der Waals surface area contributed by atoms with Crippen LogP contribution in [0.15, 0.2) is 6.20 Å². The summed E-state index contributed by atoms with van der Waals surface area (Å²) in [4.78, 5) is 0. The van der Waals surface area contributed by atoms with Gasteiger partial charge < -0.3 is 5.32 Å². The van der Waals surface area contributed by atoms with Crippen molar-refractivity contribution in [1.82, 2.24) is 15.1 Å². The molecule has 0 spiro atoms. The molecule has 0 unspecified atom stereocenters. The van der Waals surface area contributed by atoms with Gasteiger partial charge in [0.15, 0.2) is 0 Å². The maximum Gasteiger partial charge on any atom is 0.0537 e. The van der Waals surface area contributed by atoms with E-state index in [1.165, 1.54) is 24.1 Å². The first-order valence-corrected chi connectivity index (χ1v) is 5.06. The summed E-state index contributed by atoms with van der Waals surface area (Å²) in [6.45, 7) is 6.21. The molecule has 0 radical (unpaired) electrons. The molecule has 3 heteroatoms. The lowest BCUT2D eigenvalue weighted by Gasteiger charge is -2.03. The Bertz CT molecular complexity index is 286. The fourth-order valence-electron chi connectivity index (χ4n) is 1.52. The average Bonchev–Trinajstić information content (AvgIpc) is 2.89. The molecule has 0 aromatic carbocycles. The molecular weight excluding hydrogens is 162 g/mol. The normalized spacial score (nSPS) is 16.5. The Labute approximate surface area is 79.1 Å². The summed E-state index contributed by atoms with van der Waals surface area (Å²) in [5, 5.41) is 7.81. The van der Waals surface area contributed by atoms with Crippen molar-refractivity contribution in [3.05, 3.63) is 17.5 Å². The van der Waals surface area contributed by atoms with Gasteiger partial charge in [0.05, 0.1) is 6.20 Å². The smallest absolute Gasteiger partial charge is 0.0537 e. The molecular formula is C10H17N3. The summed E-state index contributed by atoms with van der Waals surface area (Å²) in [5.74, 6) is 0. The molecule has 1 aliphatic rings. The standard InChI is InChI=1S/C10H17N3/c1-3-13-8(2)9(7-12-13)6-11-10-4-5-10/h7,10-11H,3-6H2,1-2H3. The molecule has 1 aromatic heterocycles. The van der Waals surface area contributed by atoms with E-state index < -0.39 is 0 Å².